The molecular formula is C14H16N6O. The molecule has 1 aromatic carbocycles. The van der Waals surface area contributed by atoms with Crippen LogP contribution in [0.2, 0.25) is 0 Å². The van der Waals surface area contributed by atoms with Crippen LogP contribution in [0.15, 0.2) is 36.5 Å². The molecule has 3 aromatic rings. The van der Waals surface area contributed by atoms with Gasteiger partial charge in [-0.05, 0) is 25.0 Å². The van der Waals surface area contributed by atoms with Gasteiger partial charge >= 0.3 is 0 Å². The first-order valence-electron chi connectivity index (χ1n) is 6.85. The maximum absolute atomic E-state index is 8.96. The van der Waals surface area contributed by atoms with E-state index >= 15 is 0 Å². The van der Waals surface area contributed by atoms with E-state index in [4.69, 9.17) is 5.11 Å². The fourth-order valence-corrected chi connectivity index (χ4v) is 2.11. The zero-order valence-electron chi connectivity index (χ0n) is 11.5. The number of aromatic amines is 1. The molecule has 3 rings (SSSR count). The van der Waals surface area contributed by atoms with E-state index < -0.39 is 0 Å². The summed E-state index contributed by atoms with van der Waals surface area (Å²) in [6.45, 7) is 0.916. The lowest BCUT2D eigenvalue weighted by Gasteiger charge is -2.22. The summed E-state index contributed by atoms with van der Waals surface area (Å²) in [5.74, 6) is 0.584. The van der Waals surface area contributed by atoms with Crippen molar-refractivity contribution in [3.63, 3.8) is 0 Å². The Labute approximate surface area is 121 Å². The molecule has 0 spiro atoms. The van der Waals surface area contributed by atoms with Gasteiger partial charge in [0.25, 0.3) is 0 Å². The fraction of sp³-hybridized carbons (Fsp3) is 0.286. The van der Waals surface area contributed by atoms with Gasteiger partial charge in [0.2, 0.25) is 11.6 Å². The van der Waals surface area contributed by atoms with Gasteiger partial charge in [-0.3, -0.25) is 0 Å². The molecule has 0 amide bonds. The molecule has 0 radical (unpaired) electrons. The zero-order chi connectivity index (χ0) is 14.5. The van der Waals surface area contributed by atoms with E-state index in [1.165, 1.54) is 0 Å². The normalized spacial score (nSPS) is 10.9. The third kappa shape index (κ3) is 2.97. The topological polar surface area (TPSA) is 90.8 Å². The maximum Gasteiger partial charge on any atom is 0.232 e. The Morgan fingerprint density at radius 2 is 1.95 bits per heavy atom. The molecule has 2 N–H and O–H groups in total. The van der Waals surface area contributed by atoms with Crippen molar-refractivity contribution >= 4 is 22.8 Å². The first-order chi connectivity index (χ1) is 10.4. The number of nitrogens with one attached hydrogen (secondary N) is 1. The summed E-state index contributed by atoms with van der Waals surface area (Å²) in [6.07, 6.45) is 3.25. The van der Waals surface area contributed by atoms with E-state index in [1.54, 1.807) is 6.20 Å². The number of hydrogen-bond acceptors (Lipinski definition) is 6. The number of nitrogens with zero attached hydrogens (tertiary/aromatic N) is 5. The number of unbranched alkanes of at least 4 members (excludes halogenated alkanes) is 1. The average molecular weight is 284 g/mol. The van der Waals surface area contributed by atoms with Crippen LogP contribution in [0.1, 0.15) is 12.8 Å². The van der Waals surface area contributed by atoms with Crippen molar-refractivity contribution in [3.8, 4) is 0 Å². The van der Waals surface area contributed by atoms with Crippen molar-refractivity contribution < 1.29 is 5.11 Å². The molecule has 0 bridgehead atoms. The van der Waals surface area contributed by atoms with Gasteiger partial charge in [0.05, 0.1) is 6.20 Å². The van der Waals surface area contributed by atoms with E-state index in [0.29, 0.717) is 17.1 Å². The monoisotopic (exact) mass is 284 g/mol. The van der Waals surface area contributed by atoms with Crippen LogP contribution in [0, 0.1) is 0 Å². The molecule has 0 unspecified atom stereocenters. The Hall–Kier alpha value is -2.54. The molecule has 7 heteroatoms. The lowest BCUT2D eigenvalue weighted by molar-refractivity contribution is 0.285. The number of aliphatic hydroxyl groups excluding tert-OH is 1. The Morgan fingerprint density at radius 1 is 1.10 bits per heavy atom. The van der Waals surface area contributed by atoms with E-state index in [9.17, 15) is 0 Å². The zero-order valence-corrected chi connectivity index (χ0v) is 11.5. The highest BCUT2D eigenvalue weighted by atomic mass is 16.2. The number of anilines is 2. The summed E-state index contributed by atoms with van der Waals surface area (Å²) in [5.41, 5.74) is 2.20. The van der Waals surface area contributed by atoms with Crippen LogP contribution in [-0.4, -0.2) is 43.6 Å². The molecule has 0 saturated carbocycles. The predicted octanol–water partition coefficient (Wildman–Crippen LogP) is 1.66. The van der Waals surface area contributed by atoms with E-state index in [1.807, 2.05) is 35.2 Å². The summed E-state index contributed by atoms with van der Waals surface area (Å²) in [7, 11) is 0. The van der Waals surface area contributed by atoms with E-state index in [2.05, 4.69) is 25.4 Å². The molecule has 0 aliphatic heterocycles. The summed E-state index contributed by atoms with van der Waals surface area (Å²) in [5, 5.41) is 19.5. The minimum absolute atomic E-state index is 0.186. The Bertz CT molecular complexity index is 699. The van der Waals surface area contributed by atoms with Crippen LogP contribution >= 0.6 is 0 Å². The molecule has 21 heavy (non-hydrogen) atoms. The van der Waals surface area contributed by atoms with Gasteiger partial charge in [-0.15, -0.1) is 5.10 Å². The average Bonchev–Trinajstić information content (AvgIpc) is 3.00. The van der Waals surface area contributed by atoms with Crippen molar-refractivity contribution in [2.24, 2.45) is 0 Å². The summed E-state index contributed by atoms with van der Waals surface area (Å²) in [4.78, 5) is 10.8. The molecule has 2 aromatic heterocycles. The molecule has 7 nitrogen and oxygen atoms in total. The molecule has 0 fully saturated rings. The van der Waals surface area contributed by atoms with Gasteiger partial charge in [-0.2, -0.15) is 15.3 Å². The van der Waals surface area contributed by atoms with E-state index in [-0.39, 0.29) is 6.61 Å². The third-order valence-corrected chi connectivity index (χ3v) is 3.16. The quantitative estimate of drug-likeness (QED) is 0.669. The van der Waals surface area contributed by atoms with Gasteiger partial charge < -0.3 is 10.0 Å². The number of aliphatic hydroxyl groups is 1. The standard InChI is InChI=1S/C14H16N6O/c21-9-5-4-8-20(11-6-2-1-3-7-11)14-15-10-12-13(16-14)18-19-17-12/h1-3,6-7,10,21H,4-5,8-9H2,(H,15,16,17,18,19). The smallest absolute Gasteiger partial charge is 0.232 e. The first-order valence-corrected chi connectivity index (χ1v) is 6.85. The fourth-order valence-electron chi connectivity index (χ4n) is 2.11. The summed E-state index contributed by atoms with van der Waals surface area (Å²) < 4.78 is 0. The van der Waals surface area contributed by atoms with Gasteiger partial charge in [0.1, 0.15) is 5.52 Å². The second-order valence-electron chi connectivity index (χ2n) is 4.62. The van der Waals surface area contributed by atoms with E-state index in [0.717, 1.165) is 25.1 Å². The molecular weight excluding hydrogens is 268 g/mol. The second kappa shape index (κ2) is 6.27. The van der Waals surface area contributed by atoms with Crippen molar-refractivity contribution in [3.05, 3.63) is 36.5 Å². The van der Waals surface area contributed by atoms with Crippen molar-refractivity contribution in [1.29, 1.82) is 0 Å². The number of H-pyrrole nitrogens is 1. The molecule has 0 atom stereocenters. The molecule has 2 heterocycles. The predicted molar refractivity (Wildman–Crippen MR) is 79.2 cm³/mol. The van der Waals surface area contributed by atoms with Gasteiger partial charge in [0.15, 0.2) is 0 Å². The van der Waals surface area contributed by atoms with Gasteiger partial charge in [-0.25, -0.2) is 4.98 Å². The van der Waals surface area contributed by atoms with Gasteiger partial charge in [-0.1, -0.05) is 18.2 Å². The van der Waals surface area contributed by atoms with Crippen LogP contribution in [-0.2, 0) is 0 Å². The summed E-state index contributed by atoms with van der Waals surface area (Å²) >= 11 is 0. The number of fused-ring (bicyclic) bond motifs is 1. The Kier molecular flexibility index (Phi) is 4.02. The van der Waals surface area contributed by atoms with Crippen molar-refractivity contribution in [2.45, 2.75) is 12.8 Å². The number of para-hydroxylation sites is 1. The second-order valence-corrected chi connectivity index (χ2v) is 4.62. The molecule has 0 aliphatic carbocycles. The number of benzene rings is 1. The Balaban J connectivity index is 1.93. The third-order valence-electron chi connectivity index (χ3n) is 3.16. The number of hydrogen-bond donors (Lipinski definition) is 2. The Morgan fingerprint density at radius 3 is 2.76 bits per heavy atom. The number of rotatable bonds is 6. The highest BCUT2D eigenvalue weighted by molar-refractivity contribution is 5.70. The van der Waals surface area contributed by atoms with Gasteiger partial charge in [0, 0.05) is 18.8 Å². The van der Waals surface area contributed by atoms with Crippen LogP contribution in [0.4, 0.5) is 11.6 Å². The molecule has 0 saturated heterocycles. The SMILES string of the molecule is OCCCCN(c1ccccc1)c1ncc2n[nH]nc2n1. The summed E-state index contributed by atoms with van der Waals surface area (Å²) in [6, 6.07) is 9.94. The van der Waals surface area contributed by atoms with Crippen LogP contribution < -0.4 is 4.90 Å². The number of aromatic nitrogens is 5. The highest BCUT2D eigenvalue weighted by Gasteiger charge is 2.13. The minimum Gasteiger partial charge on any atom is -0.396 e. The maximum atomic E-state index is 8.96. The molecule has 108 valence electrons. The minimum atomic E-state index is 0.186. The van der Waals surface area contributed by atoms with Crippen LogP contribution in [0.25, 0.3) is 11.2 Å². The van der Waals surface area contributed by atoms with Crippen LogP contribution in [0.5, 0.6) is 0 Å². The lowest BCUT2D eigenvalue weighted by atomic mass is 10.2. The lowest BCUT2D eigenvalue weighted by Crippen LogP contribution is -2.21. The van der Waals surface area contributed by atoms with Crippen LogP contribution in [0.3, 0.4) is 0 Å². The molecule has 0 aliphatic rings. The first kappa shape index (κ1) is 13.4. The largest absolute Gasteiger partial charge is 0.396 e. The van der Waals surface area contributed by atoms with Crippen molar-refractivity contribution in [1.82, 2.24) is 25.4 Å². The van der Waals surface area contributed by atoms with Crippen molar-refractivity contribution in [2.75, 3.05) is 18.1 Å². The highest BCUT2D eigenvalue weighted by Crippen LogP contribution is 2.22.